The first-order chi connectivity index (χ1) is 13.9. The number of likely N-dealkylation sites (N-methyl/N-ethyl adjacent to an activating group) is 1. The van der Waals surface area contributed by atoms with Crippen molar-refractivity contribution in [2.75, 3.05) is 25.5 Å². The Balaban J connectivity index is 1.46. The summed E-state index contributed by atoms with van der Waals surface area (Å²) in [6.45, 7) is 2.34. The molecule has 2 aromatic rings. The van der Waals surface area contributed by atoms with E-state index in [-0.39, 0.29) is 36.8 Å². The fourth-order valence-electron chi connectivity index (χ4n) is 3.75. The van der Waals surface area contributed by atoms with Crippen LogP contribution in [0.4, 0.5) is 10.1 Å². The molecule has 0 fully saturated rings. The summed E-state index contributed by atoms with van der Waals surface area (Å²) >= 11 is 0. The lowest BCUT2D eigenvalue weighted by molar-refractivity contribution is -0.862. The number of hydrogen-bond acceptors (Lipinski definition) is 2. The highest BCUT2D eigenvalue weighted by molar-refractivity contribution is 5.91. The lowest BCUT2D eigenvalue weighted by Gasteiger charge is -2.20. The van der Waals surface area contributed by atoms with Crippen molar-refractivity contribution in [2.24, 2.45) is 0 Å². The zero-order valence-electron chi connectivity index (χ0n) is 17.1. The van der Waals surface area contributed by atoms with E-state index in [4.69, 9.17) is 0 Å². The zero-order valence-corrected chi connectivity index (χ0v) is 17.1. The molecule has 1 aliphatic carbocycles. The van der Waals surface area contributed by atoms with E-state index < -0.39 is 0 Å². The molecule has 3 rings (SSSR count). The molecule has 0 saturated heterocycles. The van der Waals surface area contributed by atoms with E-state index in [2.05, 4.69) is 28.8 Å². The minimum Gasteiger partial charge on any atom is -0.345 e. The van der Waals surface area contributed by atoms with Crippen LogP contribution in [0.2, 0.25) is 0 Å². The number of quaternary nitrogens is 1. The lowest BCUT2D eigenvalue weighted by Crippen LogP contribution is -3.11. The molecule has 2 aromatic carbocycles. The van der Waals surface area contributed by atoms with Gasteiger partial charge in [0.05, 0.1) is 13.1 Å². The highest BCUT2D eigenvalue weighted by Crippen LogP contribution is 2.24. The Kier molecular flexibility index (Phi) is 6.99. The molecule has 0 bridgehead atoms. The van der Waals surface area contributed by atoms with Gasteiger partial charge in [-0.15, -0.1) is 0 Å². The predicted octanol–water partition coefficient (Wildman–Crippen LogP) is 2.04. The summed E-state index contributed by atoms with van der Waals surface area (Å²) in [4.78, 5) is 25.3. The van der Waals surface area contributed by atoms with E-state index in [1.54, 1.807) is 7.05 Å². The molecule has 2 amide bonds. The SMILES string of the molecule is C[C@@H](NC(=O)C[NH+](C)CC(=O)Nc1ccc(F)cc1)c1ccc2c(c1)CCCC2. The predicted molar refractivity (Wildman–Crippen MR) is 111 cm³/mol. The second-order valence-electron chi connectivity index (χ2n) is 7.89. The van der Waals surface area contributed by atoms with Crippen LogP contribution in [0.15, 0.2) is 42.5 Å². The van der Waals surface area contributed by atoms with Crippen molar-refractivity contribution in [1.29, 1.82) is 0 Å². The van der Waals surface area contributed by atoms with Crippen LogP contribution in [0.5, 0.6) is 0 Å². The molecule has 6 heteroatoms. The van der Waals surface area contributed by atoms with Crippen LogP contribution < -0.4 is 15.5 Å². The fourth-order valence-corrected chi connectivity index (χ4v) is 3.75. The van der Waals surface area contributed by atoms with Gasteiger partial charge in [0.2, 0.25) is 0 Å². The number of rotatable bonds is 7. The number of carbonyl (C=O) groups is 2. The Hall–Kier alpha value is -2.73. The summed E-state index contributed by atoms with van der Waals surface area (Å²) < 4.78 is 12.9. The fraction of sp³-hybridized carbons (Fsp3) is 0.391. The van der Waals surface area contributed by atoms with Gasteiger partial charge in [-0.05, 0) is 73.6 Å². The maximum atomic E-state index is 12.9. The van der Waals surface area contributed by atoms with E-state index in [1.165, 1.54) is 48.2 Å². The summed E-state index contributed by atoms with van der Waals surface area (Å²) in [7, 11) is 1.80. The van der Waals surface area contributed by atoms with E-state index in [9.17, 15) is 14.0 Å². The number of hydrogen-bond donors (Lipinski definition) is 3. The zero-order chi connectivity index (χ0) is 20.8. The van der Waals surface area contributed by atoms with E-state index >= 15 is 0 Å². The van der Waals surface area contributed by atoms with E-state index in [0.29, 0.717) is 5.69 Å². The highest BCUT2D eigenvalue weighted by Gasteiger charge is 2.18. The minimum atomic E-state index is -0.351. The number of amides is 2. The van der Waals surface area contributed by atoms with Gasteiger partial charge >= 0.3 is 0 Å². The third kappa shape index (κ3) is 6.12. The van der Waals surface area contributed by atoms with Gasteiger partial charge in [0.15, 0.2) is 13.1 Å². The molecule has 3 N–H and O–H groups in total. The molecule has 5 nitrogen and oxygen atoms in total. The molecular formula is C23H29FN3O2+. The first-order valence-corrected chi connectivity index (χ1v) is 10.2. The normalized spacial score (nSPS) is 15.1. The monoisotopic (exact) mass is 398 g/mol. The summed E-state index contributed by atoms with van der Waals surface area (Å²) in [6.07, 6.45) is 4.73. The number of carbonyl (C=O) groups excluding carboxylic acids is 2. The highest BCUT2D eigenvalue weighted by atomic mass is 19.1. The van der Waals surface area contributed by atoms with Gasteiger partial charge in [-0.1, -0.05) is 18.2 Å². The number of nitrogens with one attached hydrogen (secondary N) is 3. The summed E-state index contributed by atoms with van der Waals surface area (Å²) in [5.74, 6) is -0.664. The van der Waals surface area contributed by atoms with Crippen LogP contribution in [0.3, 0.4) is 0 Å². The second-order valence-corrected chi connectivity index (χ2v) is 7.89. The van der Waals surface area contributed by atoms with Gasteiger partial charge in [0.25, 0.3) is 11.8 Å². The van der Waals surface area contributed by atoms with E-state index in [0.717, 1.165) is 23.3 Å². The van der Waals surface area contributed by atoms with Crippen molar-refractivity contribution >= 4 is 17.5 Å². The summed E-state index contributed by atoms with van der Waals surface area (Å²) in [6, 6.07) is 12.0. The van der Waals surface area contributed by atoms with Crippen LogP contribution >= 0.6 is 0 Å². The molecule has 0 aromatic heterocycles. The van der Waals surface area contributed by atoms with Crippen molar-refractivity contribution in [1.82, 2.24) is 5.32 Å². The topological polar surface area (TPSA) is 62.6 Å². The van der Waals surface area contributed by atoms with Crippen LogP contribution in [0.1, 0.15) is 42.5 Å². The number of aryl methyl sites for hydroxylation is 2. The number of halogens is 1. The average Bonchev–Trinajstić information content (AvgIpc) is 2.69. The molecule has 0 heterocycles. The van der Waals surface area contributed by atoms with Crippen LogP contribution in [0.25, 0.3) is 0 Å². The molecule has 154 valence electrons. The van der Waals surface area contributed by atoms with Gasteiger partial charge in [-0.25, -0.2) is 4.39 Å². The van der Waals surface area contributed by atoms with Gasteiger partial charge in [-0.2, -0.15) is 0 Å². The largest absolute Gasteiger partial charge is 0.345 e. The summed E-state index contributed by atoms with van der Waals surface area (Å²) in [5.41, 5.74) is 4.48. The quantitative estimate of drug-likeness (QED) is 0.668. The first-order valence-electron chi connectivity index (χ1n) is 10.2. The second kappa shape index (κ2) is 9.65. The Bertz CT molecular complexity index is 867. The Morgan fingerprint density at radius 2 is 1.66 bits per heavy atom. The third-order valence-electron chi connectivity index (χ3n) is 5.30. The van der Waals surface area contributed by atoms with Crippen LogP contribution in [-0.2, 0) is 22.4 Å². The standard InChI is InChI=1S/C23H28FN3O2/c1-16(18-8-7-17-5-3-4-6-19(17)13-18)25-22(28)14-27(2)15-23(29)26-21-11-9-20(24)10-12-21/h7-13,16H,3-6,14-15H2,1-2H3,(H,25,28)(H,26,29)/p+1/t16-/m1/s1. The summed E-state index contributed by atoms with van der Waals surface area (Å²) in [5, 5.41) is 5.74. The smallest absolute Gasteiger partial charge is 0.279 e. The molecule has 1 unspecified atom stereocenters. The van der Waals surface area contributed by atoms with Crippen molar-refractivity contribution in [3.05, 3.63) is 65.0 Å². The molecule has 29 heavy (non-hydrogen) atoms. The van der Waals surface area contributed by atoms with E-state index in [1.807, 2.05) is 6.92 Å². The Morgan fingerprint density at radius 3 is 2.38 bits per heavy atom. The third-order valence-corrected chi connectivity index (χ3v) is 5.30. The molecular weight excluding hydrogens is 369 g/mol. The number of fused-ring (bicyclic) bond motifs is 1. The van der Waals surface area contributed by atoms with Crippen molar-refractivity contribution in [2.45, 2.75) is 38.6 Å². The minimum absolute atomic E-state index is 0.0735. The Morgan fingerprint density at radius 1 is 1.00 bits per heavy atom. The van der Waals surface area contributed by atoms with Crippen LogP contribution in [-0.4, -0.2) is 32.0 Å². The molecule has 0 saturated carbocycles. The van der Waals surface area contributed by atoms with Crippen LogP contribution in [0, 0.1) is 5.82 Å². The first kappa shape index (κ1) is 21.0. The Labute approximate surface area is 171 Å². The molecule has 1 aliphatic rings. The lowest BCUT2D eigenvalue weighted by atomic mass is 9.89. The van der Waals surface area contributed by atoms with Crippen molar-refractivity contribution in [3.8, 4) is 0 Å². The molecule has 0 aliphatic heterocycles. The number of benzene rings is 2. The van der Waals surface area contributed by atoms with Crippen molar-refractivity contribution in [3.63, 3.8) is 0 Å². The van der Waals surface area contributed by atoms with Gasteiger partial charge in [-0.3, -0.25) is 9.59 Å². The van der Waals surface area contributed by atoms with Crippen molar-refractivity contribution < 1.29 is 18.9 Å². The maximum absolute atomic E-state index is 12.9. The van der Waals surface area contributed by atoms with Gasteiger partial charge in [0.1, 0.15) is 5.82 Å². The van der Waals surface area contributed by atoms with Gasteiger partial charge in [0, 0.05) is 5.69 Å². The van der Waals surface area contributed by atoms with Gasteiger partial charge < -0.3 is 15.5 Å². The number of anilines is 1. The molecule has 0 radical (unpaired) electrons. The molecule has 0 spiro atoms. The average molecular weight is 399 g/mol. The molecule has 2 atom stereocenters. The maximum Gasteiger partial charge on any atom is 0.279 e.